The average molecular weight is 487 g/mol. The molecule has 2 aromatic carbocycles. The number of carbonyl (C=O) groups excluding carboxylic acids is 1. The number of nitrogens with zero attached hydrogens (tertiary/aromatic N) is 2. The molecule has 0 amide bonds. The topological polar surface area (TPSA) is 69.0 Å². The van der Waals surface area contributed by atoms with Crippen LogP contribution < -0.4 is 0 Å². The van der Waals surface area contributed by atoms with E-state index in [4.69, 9.17) is 23.2 Å². The quantitative estimate of drug-likeness (QED) is 0.422. The van der Waals surface area contributed by atoms with Gasteiger partial charge in [-0.15, -0.1) is 0 Å². The minimum atomic E-state index is -3.62. The van der Waals surface area contributed by atoms with Crippen LogP contribution in [-0.4, -0.2) is 29.9 Å². The summed E-state index contributed by atoms with van der Waals surface area (Å²) in [6.07, 6.45) is 9.55. The number of sulfone groups is 1. The Morgan fingerprint density at radius 1 is 0.969 bits per heavy atom. The van der Waals surface area contributed by atoms with Crippen LogP contribution in [0.3, 0.4) is 0 Å². The molecule has 1 aliphatic carbocycles. The van der Waals surface area contributed by atoms with Gasteiger partial charge in [0.05, 0.1) is 10.6 Å². The molecule has 0 atom stereocenters. The zero-order valence-electron chi connectivity index (χ0n) is 17.0. The summed E-state index contributed by atoms with van der Waals surface area (Å²) < 4.78 is 26.4. The van der Waals surface area contributed by atoms with E-state index in [1.165, 1.54) is 28.9 Å². The summed E-state index contributed by atoms with van der Waals surface area (Å²) in [7, 11) is -3.62. The lowest BCUT2D eigenvalue weighted by atomic mass is 9.97. The van der Waals surface area contributed by atoms with Gasteiger partial charge in [-0.3, -0.25) is 4.79 Å². The Hall–Kier alpha value is -2.67. The first-order chi connectivity index (χ1) is 15.3. The van der Waals surface area contributed by atoms with Crippen molar-refractivity contribution in [2.24, 2.45) is 0 Å². The monoisotopic (exact) mass is 486 g/mol. The van der Waals surface area contributed by atoms with E-state index >= 15 is 0 Å². The van der Waals surface area contributed by atoms with Gasteiger partial charge in [-0.25, -0.2) is 13.1 Å². The number of hydrogen-bond donors (Lipinski definition) is 0. The summed E-state index contributed by atoms with van der Waals surface area (Å²) >= 11 is 11.9. The molecule has 0 aliphatic heterocycles. The van der Waals surface area contributed by atoms with Crippen molar-refractivity contribution < 1.29 is 13.2 Å². The summed E-state index contributed by atoms with van der Waals surface area (Å²) in [6.45, 7) is 0. The molecule has 0 fully saturated rings. The van der Waals surface area contributed by atoms with Crippen LogP contribution >= 0.6 is 23.2 Å². The van der Waals surface area contributed by atoms with Crippen LogP contribution in [0, 0.1) is 0 Å². The maximum absolute atomic E-state index is 12.9. The molecule has 0 unspecified atom stereocenters. The van der Waals surface area contributed by atoms with E-state index in [9.17, 15) is 13.2 Å². The highest BCUT2D eigenvalue weighted by Crippen LogP contribution is 2.31. The second-order valence-corrected chi connectivity index (χ2v) is 10.4. The molecule has 0 N–H and O–H groups in total. The SMILES string of the molecule is O=C(CCS(=O)(=O)c1ccc(Cl)cc1)n1cc(C2=CCCC=C2)c(-c2ccc(Cl)cc2)n1. The summed E-state index contributed by atoms with van der Waals surface area (Å²) in [5, 5.41) is 5.56. The van der Waals surface area contributed by atoms with E-state index < -0.39 is 15.7 Å². The Bertz CT molecular complexity index is 1310. The molecule has 0 bridgehead atoms. The highest BCUT2D eigenvalue weighted by atomic mass is 35.5. The van der Waals surface area contributed by atoms with Gasteiger partial charge in [-0.05, 0) is 54.8 Å². The molecule has 32 heavy (non-hydrogen) atoms. The average Bonchev–Trinajstić information content (AvgIpc) is 3.24. The zero-order valence-corrected chi connectivity index (χ0v) is 19.4. The Labute approximate surface area is 196 Å². The molecule has 5 nitrogen and oxygen atoms in total. The number of carbonyl (C=O) groups is 1. The predicted octanol–water partition coefficient (Wildman–Crippen LogP) is 6.09. The fourth-order valence-electron chi connectivity index (χ4n) is 3.44. The van der Waals surface area contributed by atoms with Crippen molar-refractivity contribution in [3.63, 3.8) is 0 Å². The van der Waals surface area contributed by atoms with E-state index in [-0.39, 0.29) is 17.1 Å². The van der Waals surface area contributed by atoms with Crippen molar-refractivity contribution in [1.29, 1.82) is 0 Å². The van der Waals surface area contributed by atoms with Crippen LogP contribution in [0.5, 0.6) is 0 Å². The van der Waals surface area contributed by atoms with Crippen molar-refractivity contribution in [1.82, 2.24) is 9.78 Å². The molecule has 1 aromatic heterocycles. The van der Waals surface area contributed by atoms with E-state index in [1.54, 1.807) is 18.3 Å². The van der Waals surface area contributed by atoms with Crippen LogP contribution in [0.1, 0.15) is 29.6 Å². The minimum absolute atomic E-state index is 0.134. The van der Waals surface area contributed by atoms with Crippen molar-refractivity contribution in [2.75, 3.05) is 5.75 Å². The molecule has 1 heterocycles. The van der Waals surface area contributed by atoms with Gasteiger partial charge in [0, 0.05) is 33.8 Å². The molecule has 0 saturated heterocycles. The first-order valence-electron chi connectivity index (χ1n) is 10.1. The molecule has 4 rings (SSSR count). The van der Waals surface area contributed by atoms with Crippen molar-refractivity contribution in [2.45, 2.75) is 24.2 Å². The largest absolute Gasteiger partial charge is 0.273 e. The van der Waals surface area contributed by atoms with Gasteiger partial charge < -0.3 is 0 Å². The highest BCUT2D eigenvalue weighted by Gasteiger charge is 2.21. The third kappa shape index (κ3) is 5.04. The Morgan fingerprint density at radius 3 is 2.25 bits per heavy atom. The molecule has 8 heteroatoms. The molecule has 0 saturated carbocycles. The Morgan fingerprint density at radius 2 is 1.62 bits per heavy atom. The van der Waals surface area contributed by atoms with Gasteiger partial charge in [0.25, 0.3) is 0 Å². The normalized spacial score (nSPS) is 13.8. The van der Waals surface area contributed by atoms with Crippen LogP contribution in [0.25, 0.3) is 16.8 Å². The first kappa shape index (κ1) is 22.5. The highest BCUT2D eigenvalue weighted by molar-refractivity contribution is 7.91. The smallest absolute Gasteiger partial charge is 0.247 e. The third-order valence-corrected chi connectivity index (χ3v) is 7.39. The Kier molecular flexibility index (Phi) is 6.65. The maximum atomic E-state index is 12.9. The number of halogens is 2. The van der Waals surface area contributed by atoms with Gasteiger partial charge in [0.1, 0.15) is 5.69 Å². The lowest BCUT2D eigenvalue weighted by Crippen LogP contribution is -2.17. The van der Waals surface area contributed by atoms with Gasteiger partial charge in [0.2, 0.25) is 5.91 Å². The van der Waals surface area contributed by atoms with Crippen LogP contribution in [0.4, 0.5) is 0 Å². The summed E-state index contributed by atoms with van der Waals surface area (Å²) in [5.41, 5.74) is 3.27. The number of rotatable bonds is 6. The standard InChI is InChI=1S/C24H20Cl2N2O3S/c25-19-8-6-18(7-9-19)24-22(17-4-2-1-3-5-17)16-28(27-24)23(29)14-15-32(30,31)21-12-10-20(26)11-13-21/h2,4-13,16H,1,3,14-15H2. The number of hydrogen-bond acceptors (Lipinski definition) is 4. The van der Waals surface area contributed by atoms with E-state index in [1.807, 2.05) is 18.2 Å². The van der Waals surface area contributed by atoms with Gasteiger partial charge in [0.15, 0.2) is 9.84 Å². The summed E-state index contributed by atoms with van der Waals surface area (Å²) in [6, 6.07) is 13.1. The van der Waals surface area contributed by atoms with Crippen LogP contribution in [0.15, 0.2) is 77.9 Å². The Balaban J connectivity index is 1.61. The second-order valence-electron chi connectivity index (χ2n) is 7.40. The number of aromatic nitrogens is 2. The van der Waals surface area contributed by atoms with E-state index in [0.29, 0.717) is 15.7 Å². The molecule has 1 aliphatic rings. The first-order valence-corrected chi connectivity index (χ1v) is 12.5. The molecular weight excluding hydrogens is 467 g/mol. The van der Waals surface area contributed by atoms with Gasteiger partial charge >= 0.3 is 0 Å². The molecular formula is C24H20Cl2N2O3S. The van der Waals surface area contributed by atoms with Crippen molar-refractivity contribution in [3.8, 4) is 11.3 Å². The fourth-order valence-corrected chi connectivity index (χ4v) is 4.92. The fraction of sp³-hybridized carbons (Fsp3) is 0.167. The molecule has 164 valence electrons. The second kappa shape index (κ2) is 9.45. The molecule has 3 aromatic rings. The molecule has 0 spiro atoms. The minimum Gasteiger partial charge on any atom is -0.273 e. The lowest BCUT2D eigenvalue weighted by Gasteiger charge is -2.07. The predicted molar refractivity (Wildman–Crippen MR) is 128 cm³/mol. The number of allylic oxidation sites excluding steroid dienone is 4. The third-order valence-electron chi connectivity index (χ3n) is 5.15. The van der Waals surface area contributed by atoms with E-state index in [0.717, 1.165) is 29.5 Å². The summed E-state index contributed by atoms with van der Waals surface area (Å²) in [5.74, 6) is -0.717. The van der Waals surface area contributed by atoms with Gasteiger partial charge in [-0.2, -0.15) is 5.10 Å². The summed E-state index contributed by atoms with van der Waals surface area (Å²) in [4.78, 5) is 13.0. The van der Waals surface area contributed by atoms with Crippen molar-refractivity contribution >= 4 is 44.5 Å². The zero-order chi connectivity index (χ0) is 22.7. The van der Waals surface area contributed by atoms with Crippen molar-refractivity contribution in [3.05, 3.63) is 88.6 Å². The maximum Gasteiger partial charge on any atom is 0.247 e. The van der Waals surface area contributed by atoms with Crippen LogP contribution in [-0.2, 0) is 9.84 Å². The van der Waals surface area contributed by atoms with E-state index in [2.05, 4.69) is 17.3 Å². The molecule has 0 radical (unpaired) electrons. The lowest BCUT2D eigenvalue weighted by molar-refractivity contribution is 0.0894. The van der Waals surface area contributed by atoms with Crippen LogP contribution in [0.2, 0.25) is 10.0 Å². The number of benzene rings is 2. The van der Waals surface area contributed by atoms with Gasteiger partial charge in [-0.1, -0.05) is 53.6 Å².